The second kappa shape index (κ2) is 23.2. The Labute approximate surface area is 439 Å². The zero-order valence-electron chi connectivity index (χ0n) is 42.0. The van der Waals surface area contributed by atoms with Gasteiger partial charge in [0.1, 0.15) is 25.5 Å². The first-order valence-corrected chi connectivity index (χ1v) is 25.4. The Morgan fingerprint density at radius 2 is 1.49 bits per heavy atom. The number of carbonyl (C=O) groups is 9. The van der Waals surface area contributed by atoms with Crippen LogP contribution in [0.5, 0.6) is 11.5 Å². The van der Waals surface area contributed by atoms with Gasteiger partial charge in [0, 0.05) is 60.7 Å². The maximum Gasteiger partial charge on any atom is 0.343 e. The monoisotopic (exact) mass is 1060 g/mol. The van der Waals surface area contributed by atoms with Crippen molar-refractivity contribution in [1.29, 1.82) is 0 Å². The number of hydrogen-bond donors (Lipinski definition) is 7. The Kier molecular flexibility index (Phi) is 16.0. The molecule has 24 nitrogen and oxygen atoms in total. The smallest absolute Gasteiger partial charge is 0.343 e. The van der Waals surface area contributed by atoms with Crippen molar-refractivity contribution in [2.75, 3.05) is 39.7 Å². The minimum atomic E-state index is -2.03. The molecule has 6 heterocycles. The fourth-order valence-corrected chi connectivity index (χ4v) is 9.62. The SMILES string of the molecule is CC[C@@]1(O)C(=O)OCc2c1cc1n(c2=O)Cc2c-1nc1cc3c(cc1c2CNC(=O)C(OCNC(=O)CNC(=O)[C@H](Cc1ccccc1)NC(=O)CNC(=O)CNC(=O)CCCCCN1C(=O)C=CC1=O)C1CC1)OCO3. The van der Waals surface area contributed by atoms with Gasteiger partial charge in [0.15, 0.2) is 17.1 Å². The predicted molar refractivity (Wildman–Crippen MR) is 269 cm³/mol. The molecule has 4 aromatic rings. The molecule has 0 saturated heterocycles. The van der Waals surface area contributed by atoms with E-state index in [9.17, 15) is 53.1 Å². The number of aromatic nitrogens is 2. The molecule has 1 aliphatic carbocycles. The van der Waals surface area contributed by atoms with Crippen LogP contribution in [-0.2, 0) is 84.3 Å². The highest BCUT2D eigenvalue weighted by Gasteiger charge is 2.46. The molecule has 0 bridgehead atoms. The number of fused-ring (bicyclic) bond motifs is 6. The van der Waals surface area contributed by atoms with Crippen LogP contribution in [0.2, 0.25) is 0 Å². The molecular formula is C53H57N9O15. The van der Waals surface area contributed by atoms with Crippen LogP contribution in [0.25, 0.3) is 22.3 Å². The summed E-state index contributed by atoms with van der Waals surface area (Å²) in [5.41, 5.74) is 1.11. The van der Waals surface area contributed by atoms with Crippen LogP contribution in [0.3, 0.4) is 0 Å². The zero-order chi connectivity index (χ0) is 54.4. The molecule has 8 amide bonds. The number of unbranched alkanes of at least 4 members (excludes halogenated alkanes) is 2. The first kappa shape index (κ1) is 53.3. The maximum absolute atomic E-state index is 14.0. The number of cyclic esters (lactones) is 1. The van der Waals surface area contributed by atoms with Gasteiger partial charge in [-0.05, 0) is 61.3 Å². The lowest BCUT2D eigenvalue weighted by Gasteiger charge is -2.31. The summed E-state index contributed by atoms with van der Waals surface area (Å²) in [4.78, 5) is 134. The van der Waals surface area contributed by atoms with Crippen LogP contribution < -0.4 is 46.9 Å². The number of esters is 1. The van der Waals surface area contributed by atoms with Crippen LogP contribution in [-0.4, -0.2) is 125 Å². The summed E-state index contributed by atoms with van der Waals surface area (Å²) < 4.78 is 24.0. The lowest BCUT2D eigenvalue weighted by atomic mass is 9.86. The Bertz CT molecular complexity index is 3140. The van der Waals surface area contributed by atoms with Crippen molar-refractivity contribution in [2.24, 2.45) is 5.92 Å². The number of nitrogens with zero attached hydrogens (tertiary/aromatic N) is 3. The highest BCUT2D eigenvalue weighted by Crippen LogP contribution is 2.43. The number of carbonyl (C=O) groups excluding carboxylic acids is 9. The summed E-state index contributed by atoms with van der Waals surface area (Å²) in [6.07, 6.45) is 4.54. The van der Waals surface area contributed by atoms with Gasteiger partial charge >= 0.3 is 5.97 Å². The summed E-state index contributed by atoms with van der Waals surface area (Å²) in [5.74, 6) is -4.36. The van der Waals surface area contributed by atoms with Gasteiger partial charge in [-0.2, -0.15) is 0 Å². The fraction of sp³-hybridized carbons (Fsp3) is 0.415. The quantitative estimate of drug-likeness (QED) is 0.0183. The van der Waals surface area contributed by atoms with Crippen molar-refractivity contribution in [3.63, 3.8) is 0 Å². The van der Waals surface area contributed by atoms with E-state index in [0.29, 0.717) is 82.6 Å². The van der Waals surface area contributed by atoms with E-state index in [1.54, 1.807) is 55.5 Å². The summed E-state index contributed by atoms with van der Waals surface area (Å²) >= 11 is 0. The van der Waals surface area contributed by atoms with Crippen molar-refractivity contribution < 1.29 is 67.2 Å². The number of nitrogens with one attached hydrogen (secondary N) is 6. The molecule has 9 rings (SSSR count). The standard InChI is InChI=1S/C53H57N9O15/c1-2-53(73)35-19-38-47-33(25-62(38)51(71)34(35)26-74-52(53)72)32(31-18-39-40(77-28-76-39)20-36(31)60-47)21-56-50(70)48(30-12-13-30)75-27-58-43(65)23-57-49(69)37(17-29-9-5-3-6-10-29)59-44(66)24-55-42(64)22-54-41(63)11-7-4-8-16-61-45(67)14-15-46(61)68/h3,5-6,9-10,14-15,18-20,30,37,48,73H,2,4,7-8,11-13,16-17,21-28H2,1H3,(H,54,63)(H,55,64)(H,56,70)(H,57,69)(H,58,65)(H,59,66)/t37-,48?,53-/m0/s1. The van der Waals surface area contributed by atoms with Crippen LogP contribution in [0.4, 0.5) is 0 Å². The fourth-order valence-electron chi connectivity index (χ4n) is 9.62. The molecule has 24 heteroatoms. The molecule has 3 atom stereocenters. The average molecular weight is 1060 g/mol. The Morgan fingerprint density at radius 3 is 2.23 bits per heavy atom. The first-order valence-electron chi connectivity index (χ1n) is 25.4. The number of hydrogen-bond acceptors (Lipinski definition) is 16. The van der Waals surface area contributed by atoms with Gasteiger partial charge in [-0.15, -0.1) is 0 Å². The third-order valence-corrected chi connectivity index (χ3v) is 14.0. The van der Waals surface area contributed by atoms with Crippen molar-refractivity contribution >= 4 is 64.1 Å². The highest BCUT2D eigenvalue weighted by atomic mass is 16.7. The van der Waals surface area contributed by atoms with Crippen LogP contribution >= 0.6 is 0 Å². The van der Waals surface area contributed by atoms with Gasteiger partial charge < -0.3 is 60.5 Å². The molecule has 0 spiro atoms. The molecule has 7 N–H and O–H groups in total. The Hall–Kier alpha value is -8.51. The second-order valence-electron chi connectivity index (χ2n) is 19.2. The summed E-state index contributed by atoms with van der Waals surface area (Å²) in [6.45, 7) is -0.193. The number of amides is 8. The lowest BCUT2D eigenvalue weighted by molar-refractivity contribution is -0.172. The van der Waals surface area contributed by atoms with Crippen LogP contribution in [0, 0.1) is 5.92 Å². The molecule has 0 radical (unpaired) electrons. The highest BCUT2D eigenvalue weighted by molar-refractivity contribution is 6.12. The molecule has 4 aliphatic heterocycles. The molecular weight excluding hydrogens is 1000 g/mol. The molecule has 5 aliphatic rings. The van der Waals surface area contributed by atoms with E-state index in [1.165, 1.54) is 16.7 Å². The first-order chi connectivity index (χ1) is 37.1. The number of ether oxygens (including phenoxy) is 4. The Balaban J connectivity index is 0.760. The average Bonchev–Trinajstić information content (AvgIpc) is 3.99. The number of rotatable bonds is 24. The van der Waals surface area contributed by atoms with E-state index in [2.05, 4.69) is 31.9 Å². The van der Waals surface area contributed by atoms with E-state index in [-0.39, 0.29) is 87.9 Å². The van der Waals surface area contributed by atoms with E-state index < -0.39 is 84.4 Å². The third-order valence-electron chi connectivity index (χ3n) is 14.0. The topological polar surface area (TPSA) is 321 Å². The van der Waals surface area contributed by atoms with E-state index in [4.69, 9.17) is 23.9 Å². The molecule has 2 aromatic carbocycles. The van der Waals surface area contributed by atoms with E-state index in [0.717, 1.165) is 4.90 Å². The van der Waals surface area contributed by atoms with Crippen LogP contribution in [0.15, 0.2) is 65.5 Å². The van der Waals surface area contributed by atoms with Crippen molar-refractivity contribution in [3.8, 4) is 22.9 Å². The van der Waals surface area contributed by atoms with Crippen LogP contribution in [0.1, 0.15) is 79.7 Å². The minimum Gasteiger partial charge on any atom is -0.458 e. The summed E-state index contributed by atoms with van der Waals surface area (Å²) in [6, 6.07) is 12.7. The zero-order valence-corrected chi connectivity index (χ0v) is 42.0. The molecule has 1 fully saturated rings. The van der Waals surface area contributed by atoms with Crippen molar-refractivity contribution in [1.82, 2.24) is 46.4 Å². The maximum atomic E-state index is 14.0. The van der Waals surface area contributed by atoms with Gasteiger partial charge in [-0.25, -0.2) is 9.78 Å². The number of benzene rings is 2. The third kappa shape index (κ3) is 12.0. The predicted octanol–water partition coefficient (Wildman–Crippen LogP) is -0.145. The van der Waals surface area contributed by atoms with E-state index in [1.807, 2.05) is 0 Å². The van der Waals surface area contributed by atoms with Gasteiger partial charge in [0.2, 0.25) is 42.2 Å². The minimum absolute atomic E-state index is 0.000936. The second-order valence-corrected chi connectivity index (χ2v) is 19.2. The van der Waals surface area contributed by atoms with Crippen molar-refractivity contribution in [2.45, 2.75) is 95.7 Å². The van der Waals surface area contributed by atoms with Gasteiger partial charge in [-0.1, -0.05) is 43.7 Å². The van der Waals surface area contributed by atoms with Gasteiger partial charge in [0.05, 0.1) is 48.6 Å². The summed E-state index contributed by atoms with van der Waals surface area (Å²) in [7, 11) is 0. The summed E-state index contributed by atoms with van der Waals surface area (Å²) in [5, 5.41) is 27.6. The molecule has 2 aromatic heterocycles. The lowest BCUT2D eigenvalue weighted by Crippen LogP contribution is -2.52. The Morgan fingerprint density at radius 1 is 0.792 bits per heavy atom. The number of pyridine rings is 2. The number of aliphatic hydroxyl groups is 1. The number of imide groups is 1. The van der Waals surface area contributed by atoms with Crippen molar-refractivity contribution in [3.05, 3.63) is 98.9 Å². The van der Waals surface area contributed by atoms with E-state index >= 15 is 0 Å². The molecule has 1 unspecified atom stereocenters. The largest absolute Gasteiger partial charge is 0.458 e. The van der Waals surface area contributed by atoms with Gasteiger partial charge in [0.25, 0.3) is 17.4 Å². The molecule has 77 heavy (non-hydrogen) atoms. The normalized spacial score (nSPS) is 17.4. The van der Waals surface area contributed by atoms with Gasteiger partial charge in [-0.3, -0.25) is 48.1 Å². The molecule has 404 valence electrons. The molecule has 1 saturated carbocycles.